The summed E-state index contributed by atoms with van der Waals surface area (Å²) in [4.78, 5) is 4.60. The number of benzene rings is 1. The third-order valence-corrected chi connectivity index (χ3v) is 6.66. The van der Waals surface area contributed by atoms with Gasteiger partial charge in [0.15, 0.2) is 9.84 Å². The highest BCUT2D eigenvalue weighted by Gasteiger charge is 2.65. The van der Waals surface area contributed by atoms with Crippen LogP contribution in [0.25, 0.3) is 0 Å². The molecule has 0 bridgehead atoms. The number of sulfone groups is 1. The lowest BCUT2D eigenvalue weighted by Crippen LogP contribution is -2.10. The van der Waals surface area contributed by atoms with Crippen LogP contribution in [0.1, 0.15) is 28.7 Å². The van der Waals surface area contributed by atoms with Crippen LogP contribution < -0.4 is 0 Å². The molecule has 4 rings (SSSR count). The van der Waals surface area contributed by atoms with E-state index < -0.39 is 9.84 Å². The van der Waals surface area contributed by atoms with Gasteiger partial charge in [0.1, 0.15) is 0 Å². The summed E-state index contributed by atoms with van der Waals surface area (Å²) in [6, 6.07) is 11.8. The van der Waals surface area contributed by atoms with E-state index in [1.807, 2.05) is 36.4 Å². The van der Waals surface area contributed by atoms with Gasteiger partial charge in [-0.25, -0.2) is 8.42 Å². The molecular formula is C15H13NO2S. The van der Waals surface area contributed by atoms with Crippen molar-refractivity contribution in [1.29, 1.82) is 0 Å². The van der Waals surface area contributed by atoms with Crippen LogP contribution in [0.3, 0.4) is 0 Å². The summed E-state index contributed by atoms with van der Waals surface area (Å²) < 4.78 is 25.2. The summed E-state index contributed by atoms with van der Waals surface area (Å²) in [5.74, 6) is 0.254. The quantitative estimate of drug-likeness (QED) is 0.800. The topological polar surface area (TPSA) is 47.0 Å². The van der Waals surface area contributed by atoms with Crippen molar-refractivity contribution in [2.45, 2.75) is 28.9 Å². The minimum absolute atomic E-state index is 0.125. The molecule has 0 saturated heterocycles. The number of fused-ring (bicyclic) bond motifs is 3. The molecule has 3 nitrogen and oxygen atoms in total. The summed E-state index contributed by atoms with van der Waals surface area (Å²) in [6.07, 6.45) is 1.71. The third-order valence-electron chi connectivity index (χ3n) is 4.25. The predicted octanol–water partition coefficient (Wildman–Crippen LogP) is 2.43. The van der Waals surface area contributed by atoms with Gasteiger partial charge in [-0.2, -0.15) is 0 Å². The fourth-order valence-corrected chi connectivity index (χ4v) is 6.05. The van der Waals surface area contributed by atoms with Gasteiger partial charge in [0.05, 0.1) is 15.8 Å². The van der Waals surface area contributed by atoms with Crippen LogP contribution >= 0.6 is 0 Å². The highest BCUT2D eigenvalue weighted by atomic mass is 32.2. The van der Waals surface area contributed by atoms with Gasteiger partial charge in [-0.05, 0) is 24.1 Å². The molecule has 0 N–H and O–H groups in total. The Bertz CT molecular complexity index is 768. The van der Waals surface area contributed by atoms with Crippen molar-refractivity contribution in [1.82, 2.24) is 4.98 Å². The molecule has 96 valence electrons. The molecule has 19 heavy (non-hydrogen) atoms. The Kier molecular flexibility index (Phi) is 2.03. The van der Waals surface area contributed by atoms with Crippen LogP contribution in [-0.4, -0.2) is 18.7 Å². The molecule has 1 saturated carbocycles. The Morgan fingerprint density at radius 1 is 1.05 bits per heavy atom. The first-order chi connectivity index (χ1) is 9.12. The van der Waals surface area contributed by atoms with E-state index in [1.165, 1.54) is 0 Å². The van der Waals surface area contributed by atoms with Crippen molar-refractivity contribution in [2.75, 3.05) is 0 Å². The Balaban J connectivity index is 1.88. The van der Waals surface area contributed by atoms with Gasteiger partial charge < -0.3 is 0 Å². The molecule has 0 unspecified atom stereocenters. The molecule has 1 fully saturated rings. The first kappa shape index (κ1) is 11.2. The first-order valence-electron chi connectivity index (χ1n) is 6.37. The Morgan fingerprint density at radius 3 is 2.53 bits per heavy atom. The minimum atomic E-state index is -3.20. The van der Waals surface area contributed by atoms with Crippen molar-refractivity contribution < 1.29 is 8.42 Å². The van der Waals surface area contributed by atoms with E-state index in [0.717, 1.165) is 11.1 Å². The van der Waals surface area contributed by atoms with Crippen molar-refractivity contribution in [3.63, 3.8) is 0 Å². The lowest BCUT2D eigenvalue weighted by Gasteiger charge is -2.09. The highest BCUT2D eigenvalue weighted by molar-refractivity contribution is 7.93. The fourth-order valence-electron chi connectivity index (χ4n) is 3.45. The molecule has 0 spiro atoms. The second-order valence-corrected chi connectivity index (χ2v) is 7.33. The number of nitrogens with zero attached hydrogens (tertiary/aromatic N) is 1. The minimum Gasteiger partial charge on any atom is -0.260 e. The van der Waals surface area contributed by atoms with Crippen molar-refractivity contribution in [2.24, 2.45) is 0 Å². The zero-order valence-electron chi connectivity index (χ0n) is 10.4. The van der Waals surface area contributed by atoms with E-state index in [9.17, 15) is 8.42 Å². The molecule has 1 aromatic heterocycles. The van der Waals surface area contributed by atoms with E-state index in [4.69, 9.17) is 0 Å². The third kappa shape index (κ3) is 1.32. The molecule has 2 aliphatic rings. The van der Waals surface area contributed by atoms with Gasteiger partial charge >= 0.3 is 0 Å². The molecule has 3 atom stereocenters. The predicted molar refractivity (Wildman–Crippen MR) is 71.9 cm³/mol. The van der Waals surface area contributed by atoms with Gasteiger partial charge in [0.25, 0.3) is 0 Å². The molecule has 0 amide bonds. The molecule has 2 aromatic rings. The van der Waals surface area contributed by atoms with Crippen LogP contribution in [0.2, 0.25) is 0 Å². The van der Waals surface area contributed by atoms with Crippen molar-refractivity contribution in [3.8, 4) is 0 Å². The molecule has 1 aliphatic carbocycles. The average molecular weight is 271 g/mol. The van der Waals surface area contributed by atoms with Gasteiger partial charge in [-0.1, -0.05) is 30.3 Å². The summed E-state index contributed by atoms with van der Waals surface area (Å²) >= 11 is 0. The number of hydrogen-bond donors (Lipinski definition) is 0. The number of hydrogen-bond acceptors (Lipinski definition) is 3. The maximum Gasteiger partial charge on any atom is 0.184 e. The number of aromatic nitrogens is 1. The van der Waals surface area contributed by atoms with Crippen LogP contribution in [0, 0.1) is 6.92 Å². The average Bonchev–Trinajstić information content (AvgIpc) is 3.10. The van der Waals surface area contributed by atoms with Crippen LogP contribution in [0.5, 0.6) is 0 Å². The Labute approximate surface area is 112 Å². The van der Waals surface area contributed by atoms with Gasteiger partial charge in [0, 0.05) is 18.0 Å². The first-order valence-corrected chi connectivity index (χ1v) is 7.91. The smallest absolute Gasteiger partial charge is 0.184 e. The summed E-state index contributed by atoms with van der Waals surface area (Å²) in [6.45, 7) is 1.78. The largest absolute Gasteiger partial charge is 0.260 e. The molecular weight excluding hydrogens is 258 g/mol. The van der Waals surface area contributed by atoms with Crippen LogP contribution in [-0.2, 0) is 9.84 Å². The lowest BCUT2D eigenvalue weighted by molar-refractivity contribution is 0.594. The summed E-state index contributed by atoms with van der Waals surface area (Å²) in [7, 11) is -3.20. The Morgan fingerprint density at radius 2 is 1.79 bits per heavy atom. The number of rotatable bonds is 1. The summed E-state index contributed by atoms with van der Waals surface area (Å²) in [5, 5.41) is -0.271. The normalized spacial score (nSPS) is 29.6. The zero-order valence-corrected chi connectivity index (χ0v) is 11.3. The van der Waals surface area contributed by atoms with Gasteiger partial charge in [-0.15, -0.1) is 0 Å². The lowest BCUT2D eigenvalue weighted by atomic mass is 10.0. The van der Waals surface area contributed by atoms with E-state index >= 15 is 0 Å². The standard InChI is InChI=1S/C15H13NO2S/c1-9-14-11(7-8-16-9)13-12(15(13)19(14,17)18)10-5-3-2-4-6-10/h2-8,12-13,15H,1H3/t12-,13-,15+/m1/s1. The molecule has 1 aromatic carbocycles. The van der Waals surface area contributed by atoms with Gasteiger partial charge in [-0.3, -0.25) is 4.98 Å². The van der Waals surface area contributed by atoms with E-state index in [-0.39, 0.29) is 17.1 Å². The Hall–Kier alpha value is -1.68. The monoisotopic (exact) mass is 271 g/mol. The highest BCUT2D eigenvalue weighted by Crippen LogP contribution is 2.65. The molecule has 2 heterocycles. The van der Waals surface area contributed by atoms with Crippen molar-refractivity contribution >= 4 is 9.84 Å². The van der Waals surface area contributed by atoms with Crippen LogP contribution in [0.15, 0.2) is 47.5 Å². The fraction of sp³-hybridized carbons (Fsp3) is 0.267. The number of pyridine rings is 1. The van der Waals surface area contributed by atoms with Gasteiger partial charge in [0.2, 0.25) is 0 Å². The van der Waals surface area contributed by atoms with Crippen molar-refractivity contribution in [3.05, 3.63) is 59.4 Å². The SMILES string of the molecule is Cc1nccc2c1S(=O)(=O)[C@H]1[C@H](c3ccccc3)[C@@H]21. The van der Waals surface area contributed by atoms with Crippen LogP contribution in [0.4, 0.5) is 0 Å². The molecule has 4 heteroatoms. The number of aryl methyl sites for hydroxylation is 1. The molecule has 1 aliphatic heterocycles. The molecule has 0 radical (unpaired) electrons. The zero-order chi connectivity index (χ0) is 13.2. The maximum atomic E-state index is 12.6. The second-order valence-electron chi connectivity index (χ2n) is 5.29. The van der Waals surface area contributed by atoms with E-state index in [0.29, 0.717) is 10.6 Å². The summed E-state index contributed by atoms with van der Waals surface area (Å²) in [5.41, 5.74) is 2.73. The maximum absolute atomic E-state index is 12.6. The van der Waals surface area contributed by atoms with E-state index in [2.05, 4.69) is 4.98 Å². The van der Waals surface area contributed by atoms with E-state index in [1.54, 1.807) is 13.1 Å². The second kappa shape index (κ2) is 3.45.